The largest absolute Gasteiger partial charge is 0.326 e. The Bertz CT molecular complexity index is 822. The summed E-state index contributed by atoms with van der Waals surface area (Å²) in [6, 6.07) is 10.2. The highest BCUT2D eigenvalue weighted by Gasteiger charge is 2.33. The number of benzene rings is 1. The first kappa shape index (κ1) is 17.4. The van der Waals surface area contributed by atoms with Crippen molar-refractivity contribution in [3.8, 4) is 0 Å². The number of anilines is 1. The Morgan fingerprint density at radius 3 is 2.83 bits per heavy atom. The lowest BCUT2D eigenvalue weighted by molar-refractivity contribution is -0.120. The van der Waals surface area contributed by atoms with Gasteiger partial charge in [-0.1, -0.05) is 23.7 Å². The predicted molar refractivity (Wildman–Crippen MR) is 95.9 cm³/mol. The van der Waals surface area contributed by atoms with Crippen molar-refractivity contribution in [3.05, 3.63) is 46.8 Å². The van der Waals surface area contributed by atoms with E-state index < -0.39 is 10.0 Å². The monoisotopic (exact) mass is 384 g/mol. The number of thiophene rings is 1. The van der Waals surface area contributed by atoms with Crippen molar-refractivity contribution in [3.63, 3.8) is 0 Å². The minimum absolute atomic E-state index is 0.177. The van der Waals surface area contributed by atoms with Crippen LogP contribution in [0.25, 0.3) is 0 Å². The van der Waals surface area contributed by atoms with Crippen LogP contribution in [0.4, 0.5) is 5.69 Å². The lowest BCUT2D eigenvalue weighted by Crippen LogP contribution is -2.43. The molecule has 0 aliphatic carbocycles. The van der Waals surface area contributed by atoms with Gasteiger partial charge in [-0.25, -0.2) is 8.42 Å². The Kier molecular flexibility index (Phi) is 5.24. The zero-order chi connectivity index (χ0) is 17.2. The summed E-state index contributed by atoms with van der Waals surface area (Å²) < 4.78 is 26.9. The number of nitrogens with one attached hydrogen (secondary N) is 1. The van der Waals surface area contributed by atoms with Gasteiger partial charge < -0.3 is 5.32 Å². The second kappa shape index (κ2) is 7.23. The smallest absolute Gasteiger partial charge is 0.252 e. The number of amides is 1. The Morgan fingerprint density at radius 1 is 1.29 bits per heavy atom. The van der Waals surface area contributed by atoms with Crippen LogP contribution < -0.4 is 5.32 Å². The molecule has 0 radical (unpaired) electrons. The number of hydrogen-bond acceptors (Lipinski definition) is 4. The Balaban J connectivity index is 1.70. The van der Waals surface area contributed by atoms with E-state index in [1.54, 1.807) is 41.8 Å². The maximum atomic E-state index is 12.6. The lowest BCUT2D eigenvalue weighted by atomic mass is 9.99. The van der Waals surface area contributed by atoms with E-state index in [9.17, 15) is 13.2 Å². The standard InChI is InChI=1S/C16H17ClN2O3S2/c17-13-5-1-6-14(10-13)18-16(20)12-4-2-8-19(11-12)24(21,22)15-7-3-9-23-15/h1,3,5-7,9-10,12H,2,4,8,11H2,(H,18,20)/t12-/m1/s1. The summed E-state index contributed by atoms with van der Waals surface area (Å²) in [6.45, 7) is 0.647. The van der Waals surface area contributed by atoms with Crippen LogP contribution in [0.2, 0.25) is 5.02 Å². The van der Waals surface area contributed by atoms with E-state index in [1.165, 1.54) is 15.6 Å². The number of rotatable bonds is 4. The van der Waals surface area contributed by atoms with Crippen molar-refractivity contribution < 1.29 is 13.2 Å². The van der Waals surface area contributed by atoms with E-state index in [4.69, 9.17) is 11.6 Å². The molecule has 1 atom stereocenters. The normalized spacial score (nSPS) is 19.1. The van der Waals surface area contributed by atoms with E-state index in [1.807, 2.05) is 0 Å². The first-order chi connectivity index (χ1) is 11.5. The molecule has 1 fully saturated rings. The predicted octanol–water partition coefficient (Wildman–Crippen LogP) is 3.44. The summed E-state index contributed by atoms with van der Waals surface area (Å²) in [4.78, 5) is 12.5. The van der Waals surface area contributed by atoms with Crippen LogP contribution in [0.15, 0.2) is 46.0 Å². The van der Waals surface area contributed by atoms with Gasteiger partial charge in [-0.2, -0.15) is 4.31 Å². The molecule has 1 aliphatic rings. The fourth-order valence-corrected chi connectivity index (χ4v) is 5.58. The van der Waals surface area contributed by atoms with Gasteiger partial charge in [-0.15, -0.1) is 11.3 Å². The highest BCUT2D eigenvalue weighted by Crippen LogP contribution is 2.27. The van der Waals surface area contributed by atoms with E-state index in [0.717, 1.165) is 0 Å². The zero-order valence-corrected chi connectivity index (χ0v) is 15.2. The van der Waals surface area contributed by atoms with Gasteiger partial charge in [-0.3, -0.25) is 4.79 Å². The third kappa shape index (κ3) is 3.80. The van der Waals surface area contributed by atoms with E-state index >= 15 is 0 Å². The number of carbonyl (C=O) groups excluding carboxylic acids is 1. The van der Waals surface area contributed by atoms with Crippen LogP contribution in [0.3, 0.4) is 0 Å². The maximum absolute atomic E-state index is 12.6. The van der Waals surface area contributed by atoms with E-state index in [0.29, 0.717) is 34.3 Å². The molecule has 24 heavy (non-hydrogen) atoms. The molecular weight excluding hydrogens is 368 g/mol. The molecule has 1 aromatic heterocycles. The van der Waals surface area contributed by atoms with Gasteiger partial charge in [-0.05, 0) is 42.5 Å². The van der Waals surface area contributed by atoms with Crippen LogP contribution in [0, 0.1) is 5.92 Å². The summed E-state index contributed by atoms with van der Waals surface area (Å²) >= 11 is 7.11. The molecule has 8 heteroatoms. The van der Waals surface area contributed by atoms with Crippen molar-refractivity contribution in [2.75, 3.05) is 18.4 Å². The second-order valence-corrected chi connectivity index (χ2v) is 9.18. The number of hydrogen-bond donors (Lipinski definition) is 1. The van der Waals surface area contributed by atoms with Gasteiger partial charge in [0.05, 0.1) is 5.92 Å². The quantitative estimate of drug-likeness (QED) is 0.878. The first-order valence-electron chi connectivity index (χ1n) is 7.57. The molecule has 1 amide bonds. The van der Waals surface area contributed by atoms with Crippen LogP contribution in [-0.2, 0) is 14.8 Å². The van der Waals surface area contributed by atoms with E-state index in [-0.39, 0.29) is 18.4 Å². The average Bonchev–Trinajstić information content (AvgIpc) is 3.10. The van der Waals surface area contributed by atoms with Crippen molar-refractivity contribution in [2.45, 2.75) is 17.1 Å². The molecule has 1 aliphatic heterocycles. The molecule has 5 nitrogen and oxygen atoms in total. The molecule has 2 heterocycles. The van der Waals surface area contributed by atoms with Crippen LogP contribution in [-0.4, -0.2) is 31.7 Å². The summed E-state index contributed by atoms with van der Waals surface area (Å²) in [5.41, 5.74) is 0.616. The maximum Gasteiger partial charge on any atom is 0.252 e. The third-order valence-electron chi connectivity index (χ3n) is 3.94. The third-order valence-corrected chi connectivity index (χ3v) is 7.41. The van der Waals surface area contributed by atoms with Crippen molar-refractivity contribution in [1.82, 2.24) is 4.31 Å². The molecule has 0 unspecified atom stereocenters. The number of sulfonamides is 1. The molecular formula is C16H17ClN2O3S2. The molecule has 0 saturated carbocycles. The van der Waals surface area contributed by atoms with Gasteiger partial charge in [0.15, 0.2) is 0 Å². The number of halogens is 1. The van der Waals surface area contributed by atoms with Gasteiger partial charge in [0, 0.05) is 23.8 Å². The SMILES string of the molecule is O=C(Nc1cccc(Cl)c1)[C@@H]1CCCN(S(=O)(=O)c2cccs2)C1. The van der Waals surface area contributed by atoms with E-state index in [2.05, 4.69) is 5.32 Å². The lowest BCUT2D eigenvalue weighted by Gasteiger charge is -2.30. The van der Waals surface area contributed by atoms with Crippen LogP contribution in [0.1, 0.15) is 12.8 Å². The summed E-state index contributed by atoms with van der Waals surface area (Å²) in [5.74, 6) is -0.546. The highest BCUT2D eigenvalue weighted by atomic mass is 35.5. The Hall–Kier alpha value is -1.41. The molecule has 1 aromatic carbocycles. The fourth-order valence-electron chi connectivity index (χ4n) is 2.72. The van der Waals surface area contributed by atoms with Crippen molar-refractivity contribution in [1.29, 1.82) is 0 Å². The zero-order valence-electron chi connectivity index (χ0n) is 12.8. The Morgan fingerprint density at radius 2 is 2.12 bits per heavy atom. The van der Waals surface area contributed by atoms with Gasteiger partial charge in [0.25, 0.3) is 10.0 Å². The second-order valence-electron chi connectivity index (χ2n) is 5.63. The minimum Gasteiger partial charge on any atom is -0.326 e. The van der Waals surface area contributed by atoms with Crippen LogP contribution >= 0.6 is 22.9 Å². The molecule has 1 saturated heterocycles. The number of piperidine rings is 1. The van der Waals surface area contributed by atoms with Gasteiger partial charge in [0.1, 0.15) is 4.21 Å². The molecule has 0 bridgehead atoms. The molecule has 2 aromatic rings. The summed E-state index contributed by atoms with van der Waals surface area (Å²) in [6.07, 6.45) is 1.33. The highest BCUT2D eigenvalue weighted by molar-refractivity contribution is 7.91. The average molecular weight is 385 g/mol. The minimum atomic E-state index is -3.51. The molecule has 128 valence electrons. The molecule has 0 spiro atoms. The summed E-state index contributed by atoms with van der Waals surface area (Å²) in [5, 5.41) is 5.09. The number of carbonyl (C=O) groups is 1. The van der Waals surface area contributed by atoms with Crippen molar-refractivity contribution in [2.24, 2.45) is 5.92 Å². The number of nitrogens with zero attached hydrogens (tertiary/aromatic N) is 1. The molecule has 3 rings (SSSR count). The van der Waals surface area contributed by atoms with Gasteiger partial charge >= 0.3 is 0 Å². The Labute approximate surface area is 150 Å². The van der Waals surface area contributed by atoms with Crippen molar-refractivity contribution >= 4 is 44.6 Å². The van der Waals surface area contributed by atoms with Gasteiger partial charge in [0.2, 0.25) is 5.91 Å². The fraction of sp³-hybridized carbons (Fsp3) is 0.312. The first-order valence-corrected chi connectivity index (χ1v) is 10.3. The molecule has 1 N–H and O–H groups in total. The summed E-state index contributed by atoms with van der Waals surface area (Å²) in [7, 11) is -3.51. The topological polar surface area (TPSA) is 66.5 Å². The van der Waals surface area contributed by atoms with Crippen LogP contribution in [0.5, 0.6) is 0 Å².